The third-order valence-electron chi connectivity index (χ3n) is 4.08. The Morgan fingerprint density at radius 3 is 2.58 bits per heavy atom. The molecule has 1 aromatic carbocycles. The van der Waals surface area contributed by atoms with Crippen LogP contribution in [-0.2, 0) is 11.8 Å². The van der Waals surface area contributed by atoms with Gasteiger partial charge in [0.25, 0.3) is 0 Å². The van der Waals surface area contributed by atoms with Crippen LogP contribution in [0.4, 0.5) is 0 Å². The van der Waals surface area contributed by atoms with Gasteiger partial charge in [-0.3, -0.25) is 4.98 Å². The average Bonchev–Trinajstić information content (AvgIpc) is 3.04. The predicted octanol–water partition coefficient (Wildman–Crippen LogP) is 3.57. The molecule has 0 bridgehead atoms. The second-order valence-electron chi connectivity index (χ2n) is 7.03. The van der Waals surface area contributed by atoms with E-state index >= 15 is 0 Å². The maximum absolute atomic E-state index is 6.21. The third kappa shape index (κ3) is 2.50. The van der Waals surface area contributed by atoms with Crippen LogP contribution in [0.1, 0.15) is 44.7 Å². The summed E-state index contributed by atoms with van der Waals surface area (Å²) in [7, 11) is 0. The Hall–Kier alpha value is -1.41. The third-order valence-corrected chi connectivity index (χ3v) is 4.08. The van der Waals surface area contributed by atoms with E-state index in [0.29, 0.717) is 0 Å². The number of hydrogen-bond acceptors (Lipinski definition) is 2. The summed E-state index contributed by atoms with van der Waals surface area (Å²) in [6.07, 6.45) is 7.26. The van der Waals surface area contributed by atoms with Crippen molar-refractivity contribution < 1.29 is 0 Å². The van der Waals surface area contributed by atoms with Crippen molar-refractivity contribution in [1.29, 1.82) is 0 Å². The standard InChI is InChI=1S/C17H22N2/c1-16(2,3)15-11-19-10-13-8-12(4-5-14(13)15)9-17(18)6-7-17/h4-5,8,10-11H,6-7,9,18H2,1-3H3. The van der Waals surface area contributed by atoms with Crippen LogP contribution in [0.2, 0.25) is 0 Å². The molecule has 3 rings (SSSR count). The van der Waals surface area contributed by atoms with Gasteiger partial charge in [-0.1, -0.05) is 32.9 Å². The molecule has 1 saturated carbocycles. The Bertz CT molecular complexity index is 619. The molecule has 1 aromatic heterocycles. The molecule has 0 unspecified atom stereocenters. The normalized spacial score (nSPS) is 17.7. The monoisotopic (exact) mass is 254 g/mol. The van der Waals surface area contributed by atoms with Gasteiger partial charge in [0, 0.05) is 23.3 Å². The van der Waals surface area contributed by atoms with E-state index in [1.165, 1.54) is 21.9 Å². The van der Waals surface area contributed by atoms with Crippen molar-refractivity contribution in [2.24, 2.45) is 5.73 Å². The summed E-state index contributed by atoms with van der Waals surface area (Å²) in [5.41, 5.74) is 9.05. The van der Waals surface area contributed by atoms with Crippen molar-refractivity contribution in [1.82, 2.24) is 4.98 Å². The van der Waals surface area contributed by atoms with Gasteiger partial charge in [-0.15, -0.1) is 0 Å². The molecule has 2 heteroatoms. The van der Waals surface area contributed by atoms with Crippen molar-refractivity contribution in [3.63, 3.8) is 0 Å². The molecule has 0 amide bonds. The lowest BCUT2D eigenvalue weighted by Crippen LogP contribution is -2.24. The van der Waals surface area contributed by atoms with Crippen LogP contribution in [-0.4, -0.2) is 10.5 Å². The molecule has 19 heavy (non-hydrogen) atoms. The number of benzene rings is 1. The maximum atomic E-state index is 6.21. The van der Waals surface area contributed by atoms with Gasteiger partial charge in [0.1, 0.15) is 0 Å². The number of fused-ring (bicyclic) bond motifs is 1. The summed E-state index contributed by atoms with van der Waals surface area (Å²) in [4.78, 5) is 4.40. The van der Waals surface area contributed by atoms with E-state index in [-0.39, 0.29) is 11.0 Å². The predicted molar refractivity (Wildman–Crippen MR) is 80.3 cm³/mol. The topological polar surface area (TPSA) is 38.9 Å². The first-order valence-electron chi connectivity index (χ1n) is 7.03. The summed E-state index contributed by atoms with van der Waals surface area (Å²) in [6.45, 7) is 6.70. The largest absolute Gasteiger partial charge is 0.325 e. The van der Waals surface area contributed by atoms with Crippen LogP contribution in [0.15, 0.2) is 30.6 Å². The summed E-state index contributed by atoms with van der Waals surface area (Å²) < 4.78 is 0. The Labute approximate surface area is 115 Å². The molecule has 1 fully saturated rings. The number of nitrogens with two attached hydrogens (primary N) is 1. The molecule has 1 aliphatic carbocycles. The molecule has 0 atom stereocenters. The van der Waals surface area contributed by atoms with Crippen LogP contribution in [0.3, 0.4) is 0 Å². The van der Waals surface area contributed by atoms with Gasteiger partial charge in [-0.05, 0) is 47.3 Å². The zero-order valence-corrected chi connectivity index (χ0v) is 12.0. The highest BCUT2D eigenvalue weighted by atomic mass is 14.8. The van der Waals surface area contributed by atoms with Crippen LogP contribution in [0.5, 0.6) is 0 Å². The number of rotatable bonds is 2. The smallest absolute Gasteiger partial charge is 0.0346 e. The van der Waals surface area contributed by atoms with Crippen LogP contribution in [0.25, 0.3) is 10.8 Å². The molecule has 1 aliphatic rings. The fourth-order valence-corrected chi connectivity index (χ4v) is 2.68. The average molecular weight is 254 g/mol. The summed E-state index contributed by atoms with van der Waals surface area (Å²) in [5, 5.41) is 2.54. The lowest BCUT2D eigenvalue weighted by molar-refractivity contribution is 0.593. The van der Waals surface area contributed by atoms with E-state index in [1.807, 2.05) is 12.4 Å². The molecular weight excluding hydrogens is 232 g/mol. The summed E-state index contributed by atoms with van der Waals surface area (Å²) in [6, 6.07) is 6.72. The zero-order valence-electron chi connectivity index (χ0n) is 12.0. The molecule has 2 N–H and O–H groups in total. The quantitative estimate of drug-likeness (QED) is 0.890. The lowest BCUT2D eigenvalue weighted by Gasteiger charge is -2.21. The highest BCUT2D eigenvalue weighted by molar-refractivity contribution is 5.86. The van der Waals surface area contributed by atoms with E-state index in [9.17, 15) is 0 Å². The van der Waals surface area contributed by atoms with E-state index in [1.54, 1.807) is 0 Å². The van der Waals surface area contributed by atoms with Gasteiger partial charge in [-0.25, -0.2) is 0 Å². The maximum Gasteiger partial charge on any atom is 0.0346 e. The van der Waals surface area contributed by atoms with E-state index in [0.717, 1.165) is 19.3 Å². The molecule has 0 saturated heterocycles. The minimum atomic E-state index is 0.0722. The Balaban J connectivity index is 2.05. The molecule has 2 aromatic rings. The Morgan fingerprint density at radius 2 is 1.95 bits per heavy atom. The molecule has 0 spiro atoms. The van der Waals surface area contributed by atoms with Crippen molar-refractivity contribution >= 4 is 10.8 Å². The van der Waals surface area contributed by atoms with Gasteiger partial charge in [0.2, 0.25) is 0 Å². The van der Waals surface area contributed by atoms with E-state index < -0.39 is 0 Å². The zero-order chi connectivity index (χ0) is 13.7. The Morgan fingerprint density at radius 1 is 1.21 bits per heavy atom. The number of hydrogen-bond donors (Lipinski definition) is 1. The first kappa shape index (κ1) is 12.6. The van der Waals surface area contributed by atoms with Gasteiger partial charge >= 0.3 is 0 Å². The van der Waals surface area contributed by atoms with Crippen molar-refractivity contribution in [2.75, 3.05) is 0 Å². The second kappa shape index (κ2) is 4.04. The first-order chi connectivity index (χ1) is 8.87. The highest BCUT2D eigenvalue weighted by Crippen LogP contribution is 2.36. The Kier molecular flexibility index (Phi) is 2.68. The first-order valence-corrected chi connectivity index (χ1v) is 7.03. The fourth-order valence-electron chi connectivity index (χ4n) is 2.68. The number of aromatic nitrogens is 1. The molecule has 0 aliphatic heterocycles. The molecule has 2 nitrogen and oxygen atoms in total. The van der Waals surface area contributed by atoms with Crippen LogP contribution in [0, 0.1) is 0 Å². The molecule has 0 radical (unpaired) electrons. The van der Waals surface area contributed by atoms with Crippen LogP contribution < -0.4 is 5.73 Å². The van der Waals surface area contributed by atoms with Crippen molar-refractivity contribution in [3.05, 3.63) is 41.7 Å². The van der Waals surface area contributed by atoms with Gasteiger partial charge in [0.05, 0.1) is 0 Å². The minimum Gasteiger partial charge on any atom is -0.325 e. The molecule has 100 valence electrons. The van der Waals surface area contributed by atoms with E-state index in [4.69, 9.17) is 5.73 Å². The minimum absolute atomic E-state index is 0.0722. The number of nitrogens with zero attached hydrogens (tertiary/aromatic N) is 1. The fraction of sp³-hybridized carbons (Fsp3) is 0.471. The van der Waals surface area contributed by atoms with Gasteiger partial charge in [-0.2, -0.15) is 0 Å². The number of pyridine rings is 1. The molecular formula is C17H22N2. The van der Waals surface area contributed by atoms with Crippen LogP contribution >= 0.6 is 0 Å². The summed E-state index contributed by atoms with van der Waals surface area (Å²) in [5.74, 6) is 0. The van der Waals surface area contributed by atoms with E-state index in [2.05, 4.69) is 44.0 Å². The van der Waals surface area contributed by atoms with Gasteiger partial charge < -0.3 is 5.73 Å². The second-order valence-corrected chi connectivity index (χ2v) is 7.03. The van der Waals surface area contributed by atoms with Crippen molar-refractivity contribution in [3.8, 4) is 0 Å². The SMILES string of the molecule is CC(C)(C)c1cncc2cc(CC3(N)CC3)ccc12. The molecule has 1 heterocycles. The lowest BCUT2D eigenvalue weighted by atomic mass is 9.84. The highest BCUT2D eigenvalue weighted by Gasteiger charge is 2.37. The van der Waals surface area contributed by atoms with Crippen molar-refractivity contribution in [2.45, 2.75) is 51.0 Å². The van der Waals surface area contributed by atoms with Gasteiger partial charge in [0.15, 0.2) is 0 Å². The summed E-state index contributed by atoms with van der Waals surface area (Å²) >= 11 is 0.